The maximum absolute atomic E-state index is 13.0. The maximum Gasteiger partial charge on any atom is 0.410 e. The number of rotatable bonds is 5. The van der Waals surface area contributed by atoms with E-state index in [1.807, 2.05) is 57.2 Å². The third kappa shape index (κ3) is 9.78. The minimum Gasteiger partial charge on any atom is -0.633 e. The summed E-state index contributed by atoms with van der Waals surface area (Å²) in [6, 6.07) is 5.77. The van der Waals surface area contributed by atoms with E-state index in [4.69, 9.17) is 9.47 Å². The molecule has 3 heterocycles. The van der Waals surface area contributed by atoms with Gasteiger partial charge in [-0.25, -0.2) is 4.79 Å². The molecule has 2 aliphatic rings. The fourth-order valence-electron chi connectivity index (χ4n) is 4.92. The van der Waals surface area contributed by atoms with Crippen LogP contribution in [0.3, 0.4) is 0 Å². The van der Waals surface area contributed by atoms with Crippen molar-refractivity contribution in [3.8, 4) is 0 Å². The summed E-state index contributed by atoms with van der Waals surface area (Å²) in [6.07, 6.45) is 7.66. The van der Waals surface area contributed by atoms with Crippen LogP contribution < -0.4 is 0 Å². The highest BCUT2D eigenvalue weighted by atomic mass is 16.6. The number of nitrogens with zero attached hydrogens (tertiary/aromatic N) is 3. The highest BCUT2D eigenvalue weighted by Gasteiger charge is 2.37. The van der Waals surface area contributed by atoms with Gasteiger partial charge in [-0.1, -0.05) is 44.2 Å². The number of ether oxygens (including phenoxy) is 2. The third-order valence-electron chi connectivity index (χ3n) is 7.86. The van der Waals surface area contributed by atoms with Crippen LogP contribution in [-0.2, 0) is 14.3 Å². The Morgan fingerprint density at radius 1 is 1.32 bits per heavy atom. The number of aliphatic hydroxyl groups is 2. The number of aliphatic hydroxyl groups excluding tert-OH is 1. The van der Waals surface area contributed by atoms with Gasteiger partial charge in [0.1, 0.15) is 11.7 Å². The molecule has 0 saturated carbocycles. The van der Waals surface area contributed by atoms with Crippen molar-refractivity contribution in [2.24, 2.45) is 5.92 Å². The van der Waals surface area contributed by atoms with E-state index >= 15 is 0 Å². The van der Waals surface area contributed by atoms with Crippen molar-refractivity contribution < 1.29 is 33.9 Å². The number of amides is 1. The Morgan fingerprint density at radius 3 is 2.68 bits per heavy atom. The average Bonchev–Trinajstić information content (AvgIpc) is 2.92. The molecule has 10 heteroatoms. The Kier molecular flexibility index (Phi) is 11.3. The molecule has 10 nitrogen and oxygen atoms in total. The van der Waals surface area contributed by atoms with Crippen molar-refractivity contribution in [1.82, 2.24) is 9.88 Å². The van der Waals surface area contributed by atoms with Crippen molar-refractivity contribution in [3.05, 3.63) is 71.3 Å². The fourth-order valence-corrected chi connectivity index (χ4v) is 4.92. The van der Waals surface area contributed by atoms with Gasteiger partial charge in [-0.2, -0.15) is 0 Å². The van der Waals surface area contributed by atoms with E-state index in [9.17, 15) is 25.0 Å². The molecule has 0 spiro atoms. The van der Waals surface area contributed by atoms with Crippen molar-refractivity contribution in [2.45, 2.75) is 76.8 Å². The van der Waals surface area contributed by atoms with E-state index < -0.39 is 40.6 Å². The molecule has 1 saturated heterocycles. The molecule has 0 radical (unpaired) electrons. The highest BCUT2D eigenvalue weighted by Crippen LogP contribution is 2.27. The van der Waals surface area contributed by atoms with Gasteiger partial charge in [-0.15, -0.1) is 0 Å². The minimum absolute atomic E-state index is 0.0884. The number of hydroxylamine groups is 3. The Balaban J connectivity index is 1.81. The van der Waals surface area contributed by atoms with Crippen molar-refractivity contribution in [2.75, 3.05) is 33.2 Å². The molecule has 1 aromatic heterocycles. The molecular weight excluding hydrogens is 526 g/mol. The van der Waals surface area contributed by atoms with Gasteiger partial charge < -0.3 is 29.5 Å². The molecule has 1 fully saturated rings. The molecule has 1 unspecified atom stereocenters. The quantitative estimate of drug-likeness (QED) is 0.179. The number of allylic oxidation sites excluding steroid dienone is 3. The van der Waals surface area contributed by atoms with Gasteiger partial charge in [0.15, 0.2) is 6.10 Å². The summed E-state index contributed by atoms with van der Waals surface area (Å²) >= 11 is 0. The van der Waals surface area contributed by atoms with Gasteiger partial charge >= 0.3 is 12.1 Å². The summed E-state index contributed by atoms with van der Waals surface area (Å²) in [5.41, 5.74) is 0.231. The van der Waals surface area contributed by atoms with Crippen LogP contribution in [0.2, 0.25) is 0 Å². The number of hydrogen-bond donors (Lipinski definition) is 2. The van der Waals surface area contributed by atoms with E-state index in [2.05, 4.69) is 4.98 Å². The molecule has 1 aromatic rings. The van der Waals surface area contributed by atoms with Gasteiger partial charge in [-0.05, 0) is 50.5 Å². The second-order valence-corrected chi connectivity index (χ2v) is 11.8. The Bertz CT molecular complexity index is 1110. The molecule has 3 rings (SSSR count). The van der Waals surface area contributed by atoms with Crippen LogP contribution in [0.15, 0.2) is 60.3 Å². The first-order valence-electron chi connectivity index (χ1n) is 14.3. The van der Waals surface area contributed by atoms with Gasteiger partial charge in [0.25, 0.3) is 0 Å². The zero-order chi connectivity index (χ0) is 30.2. The Hall–Kier alpha value is -3.05. The second kappa shape index (κ2) is 14.2. The zero-order valence-corrected chi connectivity index (χ0v) is 24.8. The van der Waals surface area contributed by atoms with Crippen LogP contribution >= 0.6 is 0 Å². The van der Waals surface area contributed by atoms with Gasteiger partial charge in [-0.3, -0.25) is 14.7 Å². The molecule has 2 N–H and O–H groups in total. The lowest BCUT2D eigenvalue weighted by Crippen LogP contribution is -2.56. The zero-order valence-electron chi connectivity index (χ0n) is 24.8. The minimum atomic E-state index is -1.50. The molecule has 0 bridgehead atoms. The SMILES string of the molecule is C/C(=C\C=C\C(C)c1ccccn1)[C@H]1OC(=O)C[C@@H](O)CC[C@](C)(O)[C@@H](OC(=O)N2CC[N+](C)([O-])CC2)/C=C/[C@@H]1C. The molecular formula is C31H45N3O7. The number of likely N-dealkylation sites (N-methyl/N-ethyl adjacent to an activating group) is 1. The number of quaternary nitrogens is 1. The van der Waals surface area contributed by atoms with Crippen LogP contribution in [0.4, 0.5) is 4.79 Å². The molecule has 0 aliphatic carbocycles. The van der Waals surface area contributed by atoms with E-state index in [1.54, 1.807) is 32.3 Å². The van der Waals surface area contributed by atoms with Gasteiger partial charge in [0.2, 0.25) is 0 Å². The molecule has 0 aromatic carbocycles. The van der Waals surface area contributed by atoms with Crippen molar-refractivity contribution in [1.29, 1.82) is 0 Å². The second-order valence-electron chi connectivity index (χ2n) is 11.8. The molecule has 1 amide bonds. The third-order valence-corrected chi connectivity index (χ3v) is 7.86. The molecule has 226 valence electrons. The standard InChI is InChI=1S/C31H45N3O7/c1-22(26-11-6-7-16-32-26)9-8-10-23(2)29-24(3)12-13-27(31(4,38)15-14-25(35)21-28(36)41-29)40-30(37)33-17-19-34(5,39)20-18-33/h6-13,16,22,24-25,27,29,35,38H,14-15,17-21H2,1-5H3/b9-8+,13-12+,23-10+/t22?,24-,25-,27-,29+,31-/m0/s1. The lowest BCUT2D eigenvalue weighted by Gasteiger charge is -2.45. The largest absolute Gasteiger partial charge is 0.633 e. The van der Waals surface area contributed by atoms with E-state index in [1.165, 1.54) is 4.90 Å². The average molecular weight is 572 g/mol. The summed E-state index contributed by atoms with van der Waals surface area (Å²) in [5.74, 6) is -0.775. The number of carbonyl (C=O) groups is 2. The summed E-state index contributed by atoms with van der Waals surface area (Å²) in [4.78, 5) is 31.6. The molecule has 2 aliphatic heterocycles. The lowest BCUT2D eigenvalue weighted by atomic mass is 9.88. The highest BCUT2D eigenvalue weighted by molar-refractivity contribution is 5.70. The summed E-state index contributed by atoms with van der Waals surface area (Å²) in [7, 11) is 1.58. The number of cyclic esters (lactones) is 1. The fraction of sp³-hybridized carbons (Fsp3) is 0.581. The van der Waals surface area contributed by atoms with Crippen LogP contribution in [0.1, 0.15) is 58.6 Å². The van der Waals surface area contributed by atoms with Crippen LogP contribution in [0.25, 0.3) is 0 Å². The Morgan fingerprint density at radius 2 is 2.02 bits per heavy atom. The number of piperazine rings is 1. The van der Waals surface area contributed by atoms with Crippen LogP contribution in [0, 0.1) is 11.1 Å². The van der Waals surface area contributed by atoms with Gasteiger partial charge in [0.05, 0.1) is 45.8 Å². The van der Waals surface area contributed by atoms with E-state index in [0.29, 0.717) is 0 Å². The monoisotopic (exact) mass is 571 g/mol. The number of esters is 1. The number of pyridine rings is 1. The molecule has 41 heavy (non-hydrogen) atoms. The van der Waals surface area contributed by atoms with Crippen LogP contribution in [0.5, 0.6) is 0 Å². The first-order chi connectivity index (χ1) is 19.3. The summed E-state index contributed by atoms with van der Waals surface area (Å²) in [6.45, 7) is 8.40. The van der Waals surface area contributed by atoms with E-state index in [-0.39, 0.29) is 57.3 Å². The van der Waals surface area contributed by atoms with Gasteiger partial charge in [0, 0.05) is 23.7 Å². The maximum atomic E-state index is 13.0. The molecule has 6 atom stereocenters. The smallest absolute Gasteiger partial charge is 0.410 e. The topological polar surface area (TPSA) is 132 Å². The first kappa shape index (κ1) is 32.5. The Labute approximate surface area is 243 Å². The van der Waals surface area contributed by atoms with Crippen LogP contribution in [-0.4, -0.2) is 93.9 Å². The van der Waals surface area contributed by atoms with Crippen molar-refractivity contribution in [3.63, 3.8) is 0 Å². The first-order valence-corrected chi connectivity index (χ1v) is 14.3. The van der Waals surface area contributed by atoms with E-state index in [0.717, 1.165) is 11.3 Å². The normalized spacial score (nSPS) is 31.5. The number of hydrogen-bond acceptors (Lipinski definition) is 8. The van der Waals surface area contributed by atoms with Crippen molar-refractivity contribution >= 4 is 12.1 Å². The predicted octanol–water partition coefficient (Wildman–Crippen LogP) is 3.85. The number of aromatic nitrogens is 1. The number of carbonyl (C=O) groups excluding carboxylic acids is 2. The lowest BCUT2D eigenvalue weighted by molar-refractivity contribution is -0.864. The summed E-state index contributed by atoms with van der Waals surface area (Å²) < 4.78 is 11.2. The predicted molar refractivity (Wildman–Crippen MR) is 155 cm³/mol. The summed E-state index contributed by atoms with van der Waals surface area (Å²) in [5, 5.41) is 34.0.